The largest absolute Gasteiger partial charge is 0.763 e. The summed E-state index contributed by atoms with van der Waals surface area (Å²) in [4.78, 5) is 25.7. The number of carbonyl (C=O) groups is 2. The molecular weight excluding hydrogens is 274 g/mol. The van der Waals surface area contributed by atoms with E-state index in [1.165, 1.54) is 18.9 Å². The number of rotatable bonds is 6. The summed E-state index contributed by atoms with van der Waals surface area (Å²) in [6, 6.07) is 4.72. The van der Waals surface area contributed by atoms with Crippen LogP contribution in [-0.4, -0.2) is 35.7 Å². The third-order valence-electron chi connectivity index (χ3n) is 2.27. The number of aliphatic carboxylic acids is 1. The normalized spacial score (nSPS) is 10.0. The van der Waals surface area contributed by atoms with E-state index in [0.717, 1.165) is 6.21 Å². The lowest BCUT2D eigenvalue weighted by molar-refractivity contribution is -0.131. The molecule has 0 aliphatic heterocycles. The second-order valence-corrected chi connectivity index (χ2v) is 3.88. The number of carboxylic acids is 1. The predicted octanol–water partition coefficient (Wildman–Crippen LogP) is 2.00. The minimum atomic E-state index is -1.35. The van der Waals surface area contributed by atoms with Crippen LogP contribution in [0.15, 0.2) is 28.8 Å². The van der Waals surface area contributed by atoms with E-state index in [-0.39, 0.29) is 5.91 Å². The number of carbonyl (C=O) groups excluding carboxylic acids is 1. The summed E-state index contributed by atoms with van der Waals surface area (Å²) in [5.41, 5.74) is 0.328. The monoisotopic (exact) mass is 288 g/mol. The lowest BCUT2D eigenvalue weighted by Gasteiger charge is -2.10. The number of aliphatic imine (C=N–C) groups is 1. The Hall–Kier alpha value is -2.92. The summed E-state index contributed by atoms with van der Waals surface area (Å²) in [7, 11) is 0. The number of hydrogen-bond acceptors (Lipinski definition) is 4. The van der Waals surface area contributed by atoms with Gasteiger partial charge in [0.05, 0.1) is 23.6 Å². The maximum absolute atomic E-state index is 11.2. The van der Waals surface area contributed by atoms with Crippen LogP contribution in [0.5, 0.6) is 5.75 Å². The quantitative estimate of drug-likeness (QED) is 0.616. The molecule has 0 fully saturated rings. The molecule has 0 radical (unpaired) electrons. The van der Waals surface area contributed by atoms with Gasteiger partial charge in [0.15, 0.2) is 0 Å². The van der Waals surface area contributed by atoms with Crippen LogP contribution in [0.4, 0.5) is 11.4 Å². The summed E-state index contributed by atoms with van der Waals surface area (Å²) in [5, 5.41) is 19.9. The van der Waals surface area contributed by atoms with E-state index in [9.17, 15) is 9.59 Å². The molecule has 21 heavy (non-hydrogen) atoms. The zero-order chi connectivity index (χ0) is 15.8. The van der Waals surface area contributed by atoms with E-state index < -0.39 is 11.5 Å². The molecule has 1 rings (SSSR count). The molecule has 0 aromatic heterocycles. The van der Waals surface area contributed by atoms with Crippen molar-refractivity contribution in [2.45, 2.75) is 13.8 Å². The Kier molecular flexibility index (Phi) is 5.85. The van der Waals surface area contributed by atoms with Crippen LogP contribution in [0.1, 0.15) is 13.8 Å². The van der Waals surface area contributed by atoms with Gasteiger partial charge in [-0.15, -0.1) is 0 Å². The zero-order valence-corrected chi connectivity index (χ0v) is 11.6. The Morgan fingerprint density at radius 2 is 2.24 bits per heavy atom. The fourth-order valence-corrected chi connectivity index (χ4v) is 1.44. The number of anilines is 1. The highest BCUT2D eigenvalue weighted by Gasteiger charge is 2.07. The smallest absolute Gasteiger partial charge is 0.343 e. The van der Waals surface area contributed by atoms with Gasteiger partial charge >= 0.3 is 5.97 Å². The van der Waals surface area contributed by atoms with Crippen molar-refractivity contribution in [3.8, 4) is 5.75 Å². The average molecular weight is 288 g/mol. The Balaban J connectivity index is 3.09. The summed E-state index contributed by atoms with van der Waals surface area (Å²) in [6.07, 6.45) is 0.954. The minimum Gasteiger partial charge on any atom is -0.763 e. The van der Waals surface area contributed by atoms with Gasteiger partial charge < -0.3 is 20.6 Å². The number of carboxylic acid groups (broad SMARTS) is 1. The van der Waals surface area contributed by atoms with Crippen molar-refractivity contribution in [2.24, 2.45) is 4.99 Å². The number of amides is 1. The van der Waals surface area contributed by atoms with Crippen molar-refractivity contribution in [3.63, 3.8) is 0 Å². The van der Waals surface area contributed by atoms with E-state index in [0.29, 0.717) is 23.7 Å². The van der Waals surface area contributed by atoms with Gasteiger partial charge in [-0.3, -0.25) is 15.7 Å². The van der Waals surface area contributed by atoms with Crippen LogP contribution in [-0.2, 0) is 9.59 Å². The molecule has 0 unspecified atom stereocenters. The maximum atomic E-state index is 11.2. The van der Waals surface area contributed by atoms with Gasteiger partial charge in [-0.05, 0) is 25.1 Å². The molecular formula is C14H14N3O4-. The molecule has 0 bridgehead atoms. The molecule has 0 saturated heterocycles. The number of nitrogens with zero attached hydrogens (tertiary/aromatic N) is 2. The third kappa shape index (κ3) is 4.93. The van der Waals surface area contributed by atoms with Crippen molar-refractivity contribution in [1.29, 1.82) is 0 Å². The van der Waals surface area contributed by atoms with Crippen LogP contribution in [0.25, 0.3) is 5.41 Å². The number of nitrogens with one attached hydrogen (secondary N) is 1. The average Bonchev–Trinajstić information content (AvgIpc) is 2.41. The van der Waals surface area contributed by atoms with E-state index >= 15 is 0 Å². The number of ether oxygens (including phenoxy) is 1. The SMILES string of the molecule is CCOc1ccc(N=CC(=C=[N-])C(=O)O)cc1NC(C)=O. The molecule has 110 valence electrons. The van der Waals surface area contributed by atoms with Gasteiger partial charge in [-0.25, -0.2) is 4.79 Å². The topological polar surface area (TPSA) is 110 Å². The first kappa shape index (κ1) is 16.1. The maximum Gasteiger partial charge on any atom is 0.343 e. The number of hydrogen-bond donors (Lipinski definition) is 2. The fourth-order valence-electron chi connectivity index (χ4n) is 1.44. The van der Waals surface area contributed by atoms with E-state index in [1.807, 2.05) is 6.92 Å². The van der Waals surface area contributed by atoms with Gasteiger partial charge in [0.2, 0.25) is 5.91 Å². The molecule has 0 heterocycles. The summed E-state index contributed by atoms with van der Waals surface area (Å²) in [6.45, 7) is 3.60. The van der Waals surface area contributed by atoms with E-state index in [2.05, 4.69) is 10.3 Å². The molecule has 2 N–H and O–H groups in total. The van der Waals surface area contributed by atoms with Gasteiger partial charge in [0, 0.05) is 13.1 Å². The highest BCUT2D eigenvalue weighted by Crippen LogP contribution is 2.29. The lowest BCUT2D eigenvalue weighted by Crippen LogP contribution is -2.07. The van der Waals surface area contributed by atoms with Gasteiger partial charge in [0.25, 0.3) is 0 Å². The van der Waals surface area contributed by atoms with Crippen molar-refractivity contribution >= 4 is 35.3 Å². The zero-order valence-electron chi connectivity index (χ0n) is 11.6. The Morgan fingerprint density at radius 3 is 2.76 bits per heavy atom. The van der Waals surface area contributed by atoms with Crippen molar-refractivity contribution < 1.29 is 19.4 Å². The van der Waals surface area contributed by atoms with Crippen LogP contribution in [0, 0.1) is 0 Å². The summed E-state index contributed by atoms with van der Waals surface area (Å²) in [5.74, 6) is 0.381. The van der Waals surface area contributed by atoms with Crippen LogP contribution >= 0.6 is 0 Å². The molecule has 1 amide bonds. The van der Waals surface area contributed by atoms with Crippen LogP contribution < -0.4 is 10.1 Å². The molecule has 1 aromatic carbocycles. The second-order valence-electron chi connectivity index (χ2n) is 3.88. The third-order valence-corrected chi connectivity index (χ3v) is 2.27. The van der Waals surface area contributed by atoms with Crippen molar-refractivity contribution in [1.82, 2.24) is 0 Å². The molecule has 0 saturated carbocycles. The summed E-state index contributed by atoms with van der Waals surface area (Å²) < 4.78 is 5.36. The minimum absolute atomic E-state index is 0.271. The standard InChI is InChI=1S/C14H14N3O4/c1-3-21-13-5-4-11(6-12(13)17-9(2)18)16-8-10(7-15)14(19)20/h4-6,8H,3H2,1-2H3,(H,17,18)(H,19,20)/q-1. The first-order valence-corrected chi connectivity index (χ1v) is 6.06. The van der Waals surface area contributed by atoms with E-state index in [4.69, 9.17) is 15.3 Å². The van der Waals surface area contributed by atoms with Crippen LogP contribution in [0.2, 0.25) is 0 Å². The Bertz CT molecular complexity index is 631. The van der Waals surface area contributed by atoms with Gasteiger partial charge in [-0.1, -0.05) is 0 Å². The molecule has 0 spiro atoms. The van der Waals surface area contributed by atoms with Gasteiger partial charge in [-0.2, -0.15) is 0 Å². The summed E-state index contributed by atoms with van der Waals surface area (Å²) >= 11 is 0. The molecule has 7 nitrogen and oxygen atoms in total. The first-order chi connectivity index (χ1) is 9.97. The van der Waals surface area contributed by atoms with Crippen molar-refractivity contribution in [2.75, 3.05) is 11.9 Å². The molecule has 0 aliphatic carbocycles. The van der Waals surface area contributed by atoms with E-state index in [1.54, 1.807) is 12.1 Å². The second kappa shape index (κ2) is 7.62. The first-order valence-electron chi connectivity index (χ1n) is 6.06. The highest BCUT2D eigenvalue weighted by atomic mass is 16.5. The van der Waals surface area contributed by atoms with Crippen LogP contribution in [0.3, 0.4) is 0 Å². The fraction of sp³-hybridized carbons (Fsp3) is 0.214. The van der Waals surface area contributed by atoms with Crippen molar-refractivity contribution in [3.05, 3.63) is 29.2 Å². The Morgan fingerprint density at radius 1 is 1.52 bits per heavy atom. The van der Waals surface area contributed by atoms with Gasteiger partial charge in [0.1, 0.15) is 5.75 Å². The molecule has 1 aromatic rings. The number of benzene rings is 1. The molecule has 0 atom stereocenters. The highest BCUT2D eigenvalue weighted by molar-refractivity contribution is 6.17. The molecule has 7 heteroatoms. The molecule has 0 aliphatic rings. The predicted molar refractivity (Wildman–Crippen MR) is 79.6 cm³/mol. The Labute approximate surface area is 121 Å². The lowest BCUT2D eigenvalue weighted by atomic mass is 10.2.